The Labute approximate surface area is 80.7 Å². The number of alkyl halides is 2. The molecule has 0 aromatic heterocycles. The molecular weight excluding hydrogens is 188 g/mol. The minimum Gasteiger partial charge on any atom is -0.435 e. The highest BCUT2D eigenvalue weighted by atomic mass is 19.3. The minimum absolute atomic E-state index is 0.193. The summed E-state index contributed by atoms with van der Waals surface area (Å²) in [4.78, 5) is 0. The molecule has 1 aliphatic rings. The summed E-state index contributed by atoms with van der Waals surface area (Å²) in [5.74, 6) is 0.591. The van der Waals surface area contributed by atoms with Crippen molar-refractivity contribution in [1.82, 2.24) is 0 Å². The van der Waals surface area contributed by atoms with E-state index in [1.54, 1.807) is 24.3 Å². The summed E-state index contributed by atoms with van der Waals surface area (Å²) in [5.41, 5.74) is 6.76. The number of rotatable bonds is 3. The lowest BCUT2D eigenvalue weighted by atomic mass is 10.1. The van der Waals surface area contributed by atoms with Crippen LogP contribution in [-0.2, 0) is 0 Å². The third-order valence-electron chi connectivity index (χ3n) is 2.37. The molecule has 1 aromatic carbocycles. The molecule has 0 radical (unpaired) electrons. The number of nitrogens with two attached hydrogens (primary N) is 1. The summed E-state index contributed by atoms with van der Waals surface area (Å²) in [6.45, 7) is -2.76. The molecule has 4 heteroatoms. The standard InChI is InChI=1S/C10H11F2NO/c11-10(12)14-7-3-1-6(2-4-7)8-5-9(8)13/h1-4,8-10H,5,13H2/t8-,9-/m1/s1. The van der Waals surface area contributed by atoms with Gasteiger partial charge in [-0.3, -0.25) is 0 Å². The van der Waals surface area contributed by atoms with E-state index in [0.717, 1.165) is 12.0 Å². The van der Waals surface area contributed by atoms with Gasteiger partial charge in [0, 0.05) is 12.0 Å². The first kappa shape index (κ1) is 9.40. The highest BCUT2D eigenvalue weighted by Crippen LogP contribution is 2.39. The fourth-order valence-corrected chi connectivity index (χ4v) is 1.49. The maximum absolute atomic E-state index is 11.8. The first-order chi connectivity index (χ1) is 6.66. The molecule has 2 N–H and O–H groups in total. The van der Waals surface area contributed by atoms with Crippen molar-refractivity contribution in [3.63, 3.8) is 0 Å². The van der Waals surface area contributed by atoms with Crippen LogP contribution in [0.3, 0.4) is 0 Å². The molecule has 76 valence electrons. The van der Waals surface area contributed by atoms with Crippen molar-refractivity contribution < 1.29 is 13.5 Å². The summed E-state index contributed by atoms with van der Waals surface area (Å²) >= 11 is 0. The van der Waals surface area contributed by atoms with Gasteiger partial charge in [0.2, 0.25) is 0 Å². The van der Waals surface area contributed by atoms with Crippen LogP contribution in [0.15, 0.2) is 24.3 Å². The Hall–Kier alpha value is -1.16. The molecule has 0 amide bonds. The summed E-state index contributed by atoms with van der Waals surface area (Å²) in [7, 11) is 0. The zero-order chi connectivity index (χ0) is 10.1. The zero-order valence-corrected chi connectivity index (χ0v) is 7.49. The van der Waals surface area contributed by atoms with E-state index in [9.17, 15) is 8.78 Å². The monoisotopic (exact) mass is 199 g/mol. The van der Waals surface area contributed by atoms with E-state index in [-0.39, 0.29) is 11.8 Å². The van der Waals surface area contributed by atoms with E-state index in [1.807, 2.05) is 0 Å². The molecule has 1 aromatic rings. The van der Waals surface area contributed by atoms with Gasteiger partial charge in [0.15, 0.2) is 0 Å². The summed E-state index contributed by atoms with van der Waals surface area (Å²) in [6.07, 6.45) is 0.981. The maximum Gasteiger partial charge on any atom is 0.387 e. The second-order valence-electron chi connectivity index (χ2n) is 3.45. The summed E-state index contributed by atoms with van der Waals surface area (Å²) in [5, 5.41) is 0. The SMILES string of the molecule is N[C@@H]1C[C@@H]1c1ccc(OC(F)F)cc1. The van der Waals surface area contributed by atoms with Gasteiger partial charge >= 0.3 is 6.61 Å². The van der Waals surface area contributed by atoms with Gasteiger partial charge in [0.1, 0.15) is 5.75 Å². The molecule has 1 fully saturated rings. The maximum atomic E-state index is 11.8. The Morgan fingerprint density at radius 2 is 1.86 bits per heavy atom. The van der Waals surface area contributed by atoms with Crippen LogP contribution in [0.4, 0.5) is 8.78 Å². The molecule has 2 rings (SSSR count). The Morgan fingerprint density at radius 3 is 2.29 bits per heavy atom. The molecule has 0 saturated heterocycles. The number of hydrogen-bond donors (Lipinski definition) is 1. The largest absolute Gasteiger partial charge is 0.435 e. The molecule has 2 nitrogen and oxygen atoms in total. The molecular formula is C10H11F2NO. The lowest BCUT2D eigenvalue weighted by Gasteiger charge is -2.04. The van der Waals surface area contributed by atoms with Crippen molar-refractivity contribution in [3.8, 4) is 5.75 Å². The lowest BCUT2D eigenvalue weighted by molar-refractivity contribution is -0.0498. The second-order valence-corrected chi connectivity index (χ2v) is 3.45. The number of hydrogen-bond acceptors (Lipinski definition) is 2. The highest BCUT2D eigenvalue weighted by Gasteiger charge is 2.34. The third kappa shape index (κ3) is 2.01. The van der Waals surface area contributed by atoms with E-state index >= 15 is 0 Å². The Balaban J connectivity index is 2.03. The van der Waals surface area contributed by atoms with Crippen molar-refractivity contribution >= 4 is 0 Å². The van der Waals surface area contributed by atoms with Crippen LogP contribution in [0.25, 0.3) is 0 Å². The lowest BCUT2D eigenvalue weighted by Crippen LogP contribution is -2.02. The Bertz CT molecular complexity index is 312. The zero-order valence-electron chi connectivity index (χ0n) is 7.49. The van der Waals surface area contributed by atoms with Crippen molar-refractivity contribution in [1.29, 1.82) is 0 Å². The van der Waals surface area contributed by atoms with Crippen LogP contribution < -0.4 is 10.5 Å². The average Bonchev–Trinajstić information content (AvgIpc) is 2.83. The van der Waals surface area contributed by atoms with E-state index in [4.69, 9.17) is 5.73 Å². The van der Waals surface area contributed by atoms with E-state index < -0.39 is 6.61 Å². The molecule has 0 unspecified atom stereocenters. The predicted molar refractivity (Wildman–Crippen MR) is 48.4 cm³/mol. The number of benzene rings is 1. The van der Waals surface area contributed by atoms with Gasteiger partial charge in [-0.25, -0.2) is 0 Å². The normalized spacial score (nSPS) is 25.1. The first-order valence-electron chi connectivity index (χ1n) is 4.47. The fraction of sp³-hybridized carbons (Fsp3) is 0.400. The number of halogens is 2. The van der Waals surface area contributed by atoms with Crippen LogP contribution in [-0.4, -0.2) is 12.7 Å². The van der Waals surface area contributed by atoms with E-state index in [1.165, 1.54) is 0 Å². The van der Waals surface area contributed by atoms with Gasteiger partial charge in [-0.2, -0.15) is 8.78 Å². The van der Waals surface area contributed by atoms with Crippen LogP contribution >= 0.6 is 0 Å². The van der Waals surface area contributed by atoms with Gasteiger partial charge in [-0.1, -0.05) is 12.1 Å². The molecule has 0 aliphatic heterocycles. The van der Waals surface area contributed by atoms with Gasteiger partial charge in [0.05, 0.1) is 0 Å². The summed E-state index contributed by atoms with van der Waals surface area (Å²) in [6, 6.07) is 6.90. The molecule has 0 bridgehead atoms. The van der Waals surface area contributed by atoms with Crippen LogP contribution in [0.2, 0.25) is 0 Å². The van der Waals surface area contributed by atoms with Crippen molar-refractivity contribution in [2.45, 2.75) is 25.0 Å². The van der Waals surface area contributed by atoms with Crippen molar-refractivity contribution in [3.05, 3.63) is 29.8 Å². The highest BCUT2D eigenvalue weighted by molar-refractivity contribution is 5.33. The number of ether oxygens (including phenoxy) is 1. The Morgan fingerprint density at radius 1 is 1.29 bits per heavy atom. The predicted octanol–water partition coefficient (Wildman–Crippen LogP) is 2.10. The quantitative estimate of drug-likeness (QED) is 0.809. The van der Waals surface area contributed by atoms with Crippen LogP contribution in [0.5, 0.6) is 5.75 Å². The van der Waals surface area contributed by atoms with Gasteiger partial charge < -0.3 is 10.5 Å². The molecule has 1 aliphatic carbocycles. The smallest absolute Gasteiger partial charge is 0.387 e. The van der Waals surface area contributed by atoms with Crippen LogP contribution in [0.1, 0.15) is 17.9 Å². The van der Waals surface area contributed by atoms with Crippen molar-refractivity contribution in [2.75, 3.05) is 0 Å². The molecule has 14 heavy (non-hydrogen) atoms. The average molecular weight is 199 g/mol. The fourth-order valence-electron chi connectivity index (χ4n) is 1.49. The minimum atomic E-state index is -2.76. The topological polar surface area (TPSA) is 35.2 Å². The van der Waals surface area contributed by atoms with E-state index in [0.29, 0.717) is 5.92 Å². The molecule has 0 heterocycles. The summed E-state index contributed by atoms with van der Waals surface area (Å²) < 4.78 is 27.9. The van der Waals surface area contributed by atoms with Gasteiger partial charge in [0.25, 0.3) is 0 Å². The van der Waals surface area contributed by atoms with Crippen molar-refractivity contribution in [2.24, 2.45) is 5.73 Å². The second kappa shape index (κ2) is 3.53. The first-order valence-corrected chi connectivity index (χ1v) is 4.47. The van der Waals surface area contributed by atoms with E-state index in [2.05, 4.69) is 4.74 Å². The Kier molecular flexibility index (Phi) is 2.37. The molecule has 0 spiro atoms. The van der Waals surface area contributed by atoms with Crippen LogP contribution in [0, 0.1) is 0 Å². The van der Waals surface area contributed by atoms with Gasteiger partial charge in [-0.15, -0.1) is 0 Å². The van der Waals surface area contributed by atoms with Gasteiger partial charge in [-0.05, 0) is 24.1 Å². The molecule has 1 saturated carbocycles. The third-order valence-corrected chi connectivity index (χ3v) is 2.37. The molecule has 2 atom stereocenters.